The number of rotatable bonds is 4. The quantitative estimate of drug-likeness (QED) is 0.884. The van der Waals surface area contributed by atoms with Gasteiger partial charge in [-0.05, 0) is 24.3 Å². The van der Waals surface area contributed by atoms with Crippen molar-refractivity contribution < 1.29 is 14.0 Å². The Morgan fingerprint density at radius 1 is 0.923 bits per heavy atom. The van der Waals surface area contributed by atoms with E-state index in [-0.39, 0.29) is 18.1 Å². The molecule has 0 aliphatic carbocycles. The summed E-state index contributed by atoms with van der Waals surface area (Å²) in [6.45, 7) is 2.58. The number of halogens is 1. The first kappa shape index (κ1) is 17.7. The lowest BCUT2D eigenvalue weighted by molar-refractivity contribution is -0.130. The van der Waals surface area contributed by atoms with Crippen molar-refractivity contribution in [2.75, 3.05) is 42.9 Å². The number of carbonyl (C=O) groups is 2. The second kappa shape index (κ2) is 8.33. The number of hydrogen-bond donors (Lipinski definition) is 2. The molecule has 3 amide bonds. The molecule has 136 valence electrons. The van der Waals surface area contributed by atoms with Gasteiger partial charge >= 0.3 is 6.03 Å². The Morgan fingerprint density at radius 2 is 1.58 bits per heavy atom. The summed E-state index contributed by atoms with van der Waals surface area (Å²) in [5, 5.41) is 4.87. The zero-order chi connectivity index (χ0) is 18.4. The van der Waals surface area contributed by atoms with Gasteiger partial charge in [-0.2, -0.15) is 0 Å². The van der Waals surface area contributed by atoms with E-state index >= 15 is 0 Å². The maximum atomic E-state index is 13.5. The molecule has 0 atom stereocenters. The van der Waals surface area contributed by atoms with E-state index in [0.717, 1.165) is 18.8 Å². The fourth-order valence-corrected chi connectivity index (χ4v) is 2.85. The Morgan fingerprint density at radius 3 is 2.27 bits per heavy atom. The molecule has 0 radical (unpaired) electrons. The smallest absolute Gasteiger partial charge is 0.319 e. The Kier molecular flexibility index (Phi) is 5.68. The van der Waals surface area contributed by atoms with Gasteiger partial charge in [-0.15, -0.1) is 0 Å². The molecule has 1 aliphatic heterocycles. The van der Waals surface area contributed by atoms with Crippen LogP contribution in [0.3, 0.4) is 0 Å². The van der Waals surface area contributed by atoms with Gasteiger partial charge in [-0.1, -0.05) is 30.3 Å². The van der Waals surface area contributed by atoms with Crippen molar-refractivity contribution in [3.63, 3.8) is 0 Å². The Hall–Kier alpha value is -3.09. The minimum absolute atomic E-state index is 0.0777. The van der Waals surface area contributed by atoms with Crippen molar-refractivity contribution in [3.8, 4) is 0 Å². The topological polar surface area (TPSA) is 64.7 Å². The van der Waals surface area contributed by atoms with Crippen molar-refractivity contribution in [2.45, 2.75) is 0 Å². The van der Waals surface area contributed by atoms with Gasteiger partial charge < -0.3 is 20.4 Å². The number of anilines is 2. The monoisotopic (exact) mass is 356 g/mol. The van der Waals surface area contributed by atoms with Gasteiger partial charge in [0.25, 0.3) is 0 Å². The van der Waals surface area contributed by atoms with Gasteiger partial charge in [-0.25, -0.2) is 9.18 Å². The highest BCUT2D eigenvalue weighted by molar-refractivity contribution is 5.92. The lowest BCUT2D eigenvalue weighted by Gasteiger charge is -2.36. The average Bonchev–Trinajstić information content (AvgIpc) is 2.69. The van der Waals surface area contributed by atoms with Crippen LogP contribution >= 0.6 is 0 Å². The minimum Gasteiger partial charge on any atom is -0.368 e. The molecule has 0 aromatic heterocycles. The summed E-state index contributed by atoms with van der Waals surface area (Å²) in [5.41, 5.74) is 1.22. The average molecular weight is 356 g/mol. The van der Waals surface area contributed by atoms with E-state index in [1.807, 2.05) is 30.3 Å². The van der Waals surface area contributed by atoms with Crippen LogP contribution in [0.15, 0.2) is 54.6 Å². The van der Waals surface area contributed by atoms with Gasteiger partial charge in [0.05, 0.1) is 12.2 Å². The second-order valence-corrected chi connectivity index (χ2v) is 5.99. The zero-order valence-corrected chi connectivity index (χ0v) is 14.3. The number of urea groups is 1. The summed E-state index contributed by atoms with van der Waals surface area (Å²) in [5.74, 6) is -0.674. The van der Waals surface area contributed by atoms with Crippen molar-refractivity contribution in [2.24, 2.45) is 0 Å². The van der Waals surface area contributed by atoms with E-state index in [1.54, 1.807) is 11.0 Å². The Bertz CT molecular complexity index is 761. The summed E-state index contributed by atoms with van der Waals surface area (Å²) in [6.07, 6.45) is 0. The molecule has 0 spiro atoms. The van der Waals surface area contributed by atoms with Crippen molar-refractivity contribution in [3.05, 3.63) is 60.4 Å². The van der Waals surface area contributed by atoms with E-state index in [1.165, 1.54) is 18.2 Å². The number of nitrogens with one attached hydrogen (secondary N) is 2. The number of nitrogens with zero attached hydrogens (tertiary/aromatic N) is 2. The van der Waals surface area contributed by atoms with E-state index in [2.05, 4.69) is 15.5 Å². The molecule has 7 heteroatoms. The molecular weight excluding hydrogens is 335 g/mol. The van der Waals surface area contributed by atoms with Crippen LogP contribution in [0.5, 0.6) is 0 Å². The van der Waals surface area contributed by atoms with Crippen LogP contribution in [0.25, 0.3) is 0 Å². The zero-order valence-electron chi connectivity index (χ0n) is 14.3. The Balaban J connectivity index is 1.43. The predicted molar refractivity (Wildman–Crippen MR) is 98.7 cm³/mol. The summed E-state index contributed by atoms with van der Waals surface area (Å²) >= 11 is 0. The summed E-state index contributed by atoms with van der Waals surface area (Å²) < 4.78 is 13.5. The van der Waals surface area contributed by atoms with E-state index in [4.69, 9.17) is 0 Å². The molecule has 2 aromatic carbocycles. The first-order valence-electron chi connectivity index (χ1n) is 8.50. The molecule has 0 saturated carbocycles. The molecular formula is C19H21FN4O2. The highest BCUT2D eigenvalue weighted by Crippen LogP contribution is 2.15. The minimum atomic E-state index is -0.605. The summed E-state index contributed by atoms with van der Waals surface area (Å²) in [7, 11) is 0. The number of hydrogen-bond acceptors (Lipinski definition) is 3. The largest absolute Gasteiger partial charge is 0.368 e. The predicted octanol–water partition coefficient (Wildman–Crippen LogP) is 2.30. The second-order valence-electron chi connectivity index (χ2n) is 5.99. The third-order valence-electron chi connectivity index (χ3n) is 4.28. The van der Waals surface area contributed by atoms with Gasteiger partial charge in [0, 0.05) is 31.9 Å². The van der Waals surface area contributed by atoms with Gasteiger partial charge in [-0.3, -0.25) is 4.79 Å². The van der Waals surface area contributed by atoms with Crippen LogP contribution in [0.2, 0.25) is 0 Å². The third-order valence-corrected chi connectivity index (χ3v) is 4.28. The van der Waals surface area contributed by atoms with Crippen LogP contribution in [-0.4, -0.2) is 49.6 Å². The highest BCUT2D eigenvalue weighted by Gasteiger charge is 2.21. The molecule has 26 heavy (non-hydrogen) atoms. The summed E-state index contributed by atoms with van der Waals surface area (Å²) in [6, 6.07) is 15.3. The number of carbonyl (C=O) groups excluding carboxylic acids is 2. The molecule has 1 heterocycles. The molecule has 1 aliphatic rings. The molecule has 3 rings (SSSR count). The molecule has 0 bridgehead atoms. The van der Waals surface area contributed by atoms with Gasteiger partial charge in [0.1, 0.15) is 5.82 Å². The van der Waals surface area contributed by atoms with Crippen LogP contribution in [-0.2, 0) is 4.79 Å². The van der Waals surface area contributed by atoms with E-state index in [0.29, 0.717) is 13.1 Å². The van der Waals surface area contributed by atoms with Crippen molar-refractivity contribution in [1.29, 1.82) is 0 Å². The van der Waals surface area contributed by atoms with Crippen LogP contribution in [0.4, 0.5) is 20.6 Å². The highest BCUT2D eigenvalue weighted by atomic mass is 19.1. The molecule has 6 nitrogen and oxygen atoms in total. The third kappa shape index (κ3) is 4.50. The number of piperazine rings is 1. The standard InChI is InChI=1S/C19H21FN4O2/c20-16-8-4-5-9-17(16)22-19(26)21-14-18(25)24-12-10-23(11-13-24)15-6-2-1-3-7-15/h1-9H,10-14H2,(H2,21,22,26). The van der Waals surface area contributed by atoms with Crippen molar-refractivity contribution >= 4 is 23.3 Å². The normalized spacial score (nSPS) is 14.0. The molecule has 0 unspecified atom stereocenters. The molecule has 2 N–H and O–H groups in total. The van der Waals surface area contributed by atoms with E-state index in [9.17, 15) is 14.0 Å². The van der Waals surface area contributed by atoms with Crippen LogP contribution < -0.4 is 15.5 Å². The Labute approximate surface area is 151 Å². The first-order valence-corrected chi connectivity index (χ1v) is 8.50. The lowest BCUT2D eigenvalue weighted by Crippen LogP contribution is -2.51. The van der Waals surface area contributed by atoms with E-state index < -0.39 is 11.8 Å². The van der Waals surface area contributed by atoms with Crippen LogP contribution in [0, 0.1) is 5.82 Å². The number of para-hydroxylation sites is 2. The fraction of sp³-hybridized carbons (Fsp3) is 0.263. The summed E-state index contributed by atoms with van der Waals surface area (Å²) in [4.78, 5) is 28.0. The van der Waals surface area contributed by atoms with Gasteiger partial charge in [0.2, 0.25) is 5.91 Å². The molecule has 1 fully saturated rings. The maximum absolute atomic E-state index is 13.5. The number of benzene rings is 2. The molecule has 1 saturated heterocycles. The first-order chi connectivity index (χ1) is 12.6. The van der Waals surface area contributed by atoms with Gasteiger partial charge in [0.15, 0.2) is 0 Å². The fourth-order valence-electron chi connectivity index (χ4n) is 2.85. The van der Waals surface area contributed by atoms with Crippen molar-refractivity contribution in [1.82, 2.24) is 10.2 Å². The SMILES string of the molecule is O=C(NCC(=O)N1CCN(c2ccccc2)CC1)Nc1ccccc1F. The lowest BCUT2D eigenvalue weighted by atomic mass is 10.2. The maximum Gasteiger partial charge on any atom is 0.319 e. The number of amides is 3. The van der Waals surface area contributed by atoms with Crippen LogP contribution in [0.1, 0.15) is 0 Å². The molecule has 2 aromatic rings.